The zero-order valence-corrected chi connectivity index (χ0v) is 12.6. The Labute approximate surface area is 127 Å². The Morgan fingerprint density at radius 2 is 1.57 bits per heavy atom. The molecule has 2 aromatic carbocycles. The maximum Gasteiger partial charge on any atom is 0.119 e. The minimum absolute atomic E-state index is 0.764. The highest BCUT2D eigenvalue weighted by Crippen LogP contribution is 2.23. The van der Waals surface area contributed by atoms with E-state index in [2.05, 4.69) is 48.6 Å². The van der Waals surface area contributed by atoms with Gasteiger partial charge in [-0.25, -0.2) is 0 Å². The van der Waals surface area contributed by atoms with Gasteiger partial charge in [0.2, 0.25) is 0 Å². The van der Waals surface area contributed by atoms with Crippen LogP contribution in [0, 0.1) is 0 Å². The molecule has 2 aromatic rings. The minimum Gasteiger partial charge on any atom is -0.494 e. The lowest BCUT2D eigenvalue weighted by atomic mass is 10.0. The average molecular weight is 281 g/mol. The van der Waals surface area contributed by atoms with E-state index in [9.17, 15) is 0 Å². The van der Waals surface area contributed by atoms with Crippen molar-refractivity contribution < 1.29 is 4.74 Å². The standard InChI is InChI=1S/C19H23NO/c1-2-13-21-19-11-7-17(8-12-19)16-5-3-15(4-6-16)14-20-18-9-10-18/h3-8,11-12,18,20H,2,9-10,13-14H2,1H3. The first-order valence-corrected chi connectivity index (χ1v) is 7.90. The van der Waals surface area contributed by atoms with Crippen LogP contribution in [0.15, 0.2) is 48.5 Å². The van der Waals surface area contributed by atoms with Crippen LogP contribution in [0.4, 0.5) is 0 Å². The van der Waals surface area contributed by atoms with Gasteiger partial charge in [0.25, 0.3) is 0 Å². The topological polar surface area (TPSA) is 21.3 Å². The number of rotatable bonds is 7. The van der Waals surface area contributed by atoms with E-state index in [1.807, 2.05) is 12.1 Å². The normalized spacial score (nSPS) is 14.1. The molecule has 2 nitrogen and oxygen atoms in total. The molecular weight excluding hydrogens is 258 g/mol. The Hall–Kier alpha value is -1.80. The molecule has 0 amide bonds. The Morgan fingerprint density at radius 3 is 2.14 bits per heavy atom. The lowest BCUT2D eigenvalue weighted by molar-refractivity contribution is 0.317. The van der Waals surface area contributed by atoms with Gasteiger partial charge >= 0.3 is 0 Å². The van der Waals surface area contributed by atoms with Crippen LogP contribution < -0.4 is 10.1 Å². The summed E-state index contributed by atoms with van der Waals surface area (Å²) in [5.74, 6) is 0.950. The molecule has 0 saturated heterocycles. The number of hydrogen-bond donors (Lipinski definition) is 1. The first-order chi connectivity index (χ1) is 10.3. The summed E-state index contributed by atoms with van der Waals surface area (Å²) in [5.41, 5.74) is 3.85. The molecule has 0 atom stereocenters. The summed E-state index contributed by atoms with van der Waals surface area (Å²) in [7, 11) is 0. The molecule has 1 aliphatic rings. The summed E-state index contributed by atoms with van der Waals surface area (Å²) >= 11 is 0. The van der Waals surface area contributed by atoms with Crippen LogP contribution in [0.25, 0.3) is 11.1 Å². The summed E-state index contributed by atoms with van der Waals surface area (Å²) in [6.07, 6.45) is 3.72. The molecule has 0 unspecified atom stereocenters. The second-order valence-electron chi connectivity index (χ2n) is 5.72. The summed E-state index contributed by atoms with van der Waals surface area (Å²) in [6.45, 7) is 3.88. The summed E-state index contributed by atoms with van der Waals surface area (Å²) in [6, 6.07) is 17.9. The molecule has 0 spiro atoms. The maximum atomic E-state index is 5.62. The molecule has 1 aliphatic carbocycles. The Morgan fingerprint density at radius 1 is 0.952 bits per heavy atom. The quantitative estimate of drug-likeness (QED) is 0.812. The molecule has 1 N–H and O–H groups in total. The number of benzene rings is 2. The van der Waals surface area contributed by atoms with Gasteiger partial charge in [0, 0.05) is 12.6 Å². The third-order valence-corrected chi connectivity index (χ3v) is 3.79. The zero-order chi connectivity index (χ0) is 14.5. The highest BCUT2D eigenvalue weighted by atomic mass is 16.5. The van der Waals surface area contributed by atoms with Crippen molar-refractivity contribution in [3.05, 3.63) is 54.1 Å². The molecule has 2 heteroatoms. The van der Waals surface area contributed by atoms with Crippen molar-refractivity contribution in [2.24, 2.45) is 0 Å². The predicted octanol–water partition coefficient (Wildman–Crippen LogP) is 4.39. The first-order valence-electron chi connectivity index (χ1n) is 7.90. The monoisotopic (exact) mass is 281 g/mol. The van der Waals surface area contributed by atoms with Gasteiger partial charge in [-0.15, -0.1) is 0 Å². The van der Waals surface area contributed by atoms with Crippen LogP contribution in [0.3, 0.4) is 0 Å². The molecule has 0 aliphatic heterocycles. The largest absolute Gasteiger partial charge is 0.494 e. The zero-order valence-electron chi connectivity index (χ0n) is 12.6. The van der Waals surface area contributed by atoms with E-state index in [4.69, 9.17) is 4.74 Å². The van der Waals surface area contributed by atoms with E-state index < -0.39 is 0 Å². The SMILES string of the molecule is CCCOc1ccc(-c2ccc(CNC3CC3)cc2)cc1. The fourth-order valence-corrected chi connectivity index (χ4v) is 2.33. The maximum absolute atomic E-state index is 5.62. The molecule has 0 heterocycles. The van der Waals surface area contributed by atoms with Crippen molar-refractivity contribution in [2.45, 2.75) is 38.8 Å². The van der Waals surface area contributed by atoms with E-state index in [0.29, 0.717) is 0 Å². The second kappa shape index (κ2) is 6.77. The number of ether oxygens (including phenoxy) is 1. The fourth-order valence-electron chi connectivity index (χ4n) is 2.33. The predicted molar refractivity (Wildman–Crippen MR) is 87.5 cm³/mol. The van der Waals surface area contributed by atoms with Gasteiger partial charge in [-0.05, 0) is 48.1 Å². The highest BCUT2D eigenvalue weighted by molar-refractivity contribution is 5.64. The van der Waals surface area contributed by atoms with Crippen LogP contribution in [0.1, 0.15) is 31.7 Å². The van der Waals surface area contributed by atoms with Crippen LogP contribution in [-0.4, -0.2) is 12.6 Å². The first kappa shape index (κ1) is 14.2. The van der Waals surface area contributed by atoms with Crippen molar-refractivity contribution in [2.75, 3.05) is 6.61 Å². The molecule has 3 rings (SSSR count). The van der Waals surface area contributed by atoms with Crippen molar-refractivity contribution in [3.8, 4) is 16.9 Å². The van der Waals surface area contributed by atoms with Crippen molar-refractivity contribution in [3.63, 3.8) is 0 Å². The smallest absolute Gasteiger partial charge is 0.119 e. The molecule has 21 heavy (non-hydrogen) atoms. The van der Waals surface area contributed by atoms with E-state index in [1.54, 1.807) is 0 Å². The van der Waals surface area contributed by atoms with E-state index in [0.717, 1.165) is 31.4 Å². The third-order valence-electron chi connectivity index (χ3n) is 3.79. The lowest BCUT2D eigenvalue weighted by Gasteiger charge is -2.07. The van der Waals surface area contributed by atoms with Gasteiger partial charge in [-0.2, -0.15) is 0 Å². The highest BCUT2D eigenvalue weighted by Gasteiger charge is 2.19. The van der Waals surface area contributed by atoms with Gasteiger partial charge < -0.3 is 10.1 Å². The fraction of sp³-hybridized carbons (Fsp3) is 0.368. The Balaban J connectivity index is 1.62. The summed E-state index contributed by atoms with van der Waals surface area (Å²) < 4.78 is 5.62. The van der Waals surface area contributed by atoms with Gasteiger partial charge in [0.15, 0.2) is 0 Å². The molecule has 1 saturated carbocycles. The van der Waals surface area contributed by atoms with Gasteiger partial charge in [0.05, 0.1) is 6.61 Å². The Bertz CT molecular complexity index is 555. The van der Waals surface area contributed by atoms with E-state index in [1.165, 1.54) is 29.5 Å². The van der Waals surface area contributed by atoms with Crippen molar-refractivity contribution in [1.82, 2.24) is 5.32 Å². The number of hydrogen-bond acceptors (Lipinski definition) is 2. The van der Waals surface area contributed by atoms with Gasteiger partial charge in [-0.1, -0.05) is 43.3 Å². The molecule has 1 fully saturated rings. The minimum atomic E-state index is 0.764. The van der Waals surface area contributed by atoms with Crippen LogP contribution in [-0.2, 0) is 6.54 Å². The summed E-state index contributed by atoms with van der Waals surface area (Å²) in [5, 5.41) is 3.54. The van der Waals surface area contributed by atoms with Crippen LogP contribution >= 0.6 is 0 Å². The van der Waals surface area contributed by atoms with Crippen molar-refractivity contribution in [1.29, 1.82) is 0 Å². The molecule has 0 radical (unpaired) electrons. The molecule has 0 bridgehead atoms. The summed E-state index contributed by atoms with van der Waals surface area (Å²) in [4.78, 5) is 0. The lowest BCUT2D eigenvalue weighted by Crippen LogP contribution is -2.14. The van der Waals surface area contributed by atoms with Crippen LogP contribution in [0.5, 0.6) is 5.75 Å². The van der Waals surface area contributed by atoms with Crippen molar-refractivity contribution >= 4 is 0 Å². The molecule has 110 valence electrons. The van der Waals surface area contributed by atoms with E-state index >= 15 is 0 Å². The van der Waals surface area contributed by atoms with Gasteiger partial charge in [-0.3, -0.25) is 0 Å². The number of nitrogens with one attached hydrogen (secondary N) is 1. The molecule has 0 aromatic heterocycles. The Kier molecular flexibility index (Phi) is 4.56. The average Bonchev–Trinajstić information content (AvgIpc) is 3.36. The molecular formula is C19H23NO. The third kappa shape index (κ3) is 4.08. The van der Waals surface area contributed by atoms with Crippen LogP contribution in [0.2, 0.25) is 0 Å². The van der Waals surface area contributed by atoms with Gasteiger partial charge in [0.1, 0.15) is 5.75 Å². The second-order valence-corrected chi connectivity index (χ2v) is 5.72. The van der Waals surface area contributed by atoms with E-state index in [-0.39, 0.29) is 0 Å².